The number of hydrogen-bond donors (Lipinski definition) is 2. The van der Waals surface area contributed by atoms with Crippen LogP contribution in [-0.2, 0) is 20.4 Å². The van der Waals surface area contributed by atoms with Crippen molar-refractivity contribution in [3.05, 3.63) is 80.5 Å². The first kappa shape index (κ1) is 28.3. The fraction of sp³-hybridized carbons (Fsp3) is 0.367. The zero-order chi connectivity index (χ0) is 27.7. The number of nitrogens with zero attached hydrogens (tertiary/aromatic N) is 1. The van der Waals surface area contributed by atoms with Crippen LogP contribution in [0.3, 0.4) is 0 Å². The molecule has 0 bridgehead atoms. The van der Waals surface area contributed by atoms with Crippen LogP contribution in [0.2, 0.25) is 0 Å². The molecule has 0 unspecified atom stereocenters. The third-order valence-corrected chi connectivity index (χ3v) is 6.94. The number of aliphatic imine (C=N–C) groups is 1. The van der Waals surface area contributed by atoms with E-state index in [0.29, 0.717) is 10.5 Å². The molecule has 1 aliphatic rings. The summed E-state index contributed by atoms with van der Waals surface area (Å²) in [7, 11) is 0. The summed E-state index contributed by atoms with van der Waals surface area (Å²) in [6.07, 6.45) is 1.74. The van der Waals surface area contributed by atoms with Crippen LogP contribution in [0.1, 0.15) is 81.1 Å². The van der Waals surface area contributed by atoms with Gasteiger partial charge in [-0.3, -0.25) is 4.79 Å². The van der Waals surface area contributed by atoms with E-state index < -0.39 is 11.9 Å². The SMILES string of the molecule is CCOC(=O)C1=C(O)C(=Cc2cc(C(C)(C)C)c(O)c(C(C)(C)C)c2)SC1=NC(=O)c1ccc(C)cc1. The minimum absolute atomic E-state index is 0.0821. The van der Waals surface area contributed by atoms with Crippen LogP contribution < -0.4 is 0 Å². The number of phenols is 1. The van der Waals surface area contributed by atoms with Crippen LogP contribution in [0.5, 0.6) is 5.75 Å². The van der Waals surface area contributed by atoms with E-state index in [2.05, 4.69) is 4.99 Å². The lowest BCUT2D eigenvalue weighted by atomic mass is 9.78. The summed E-state index contributed by atoms with van der Waals surface area (Å²) in [4.78, 5) is 30.1. The number of amides is 1. The maximum Gasteiger partial charge on any atom is 0.344 e. The molecule has 0 aromatic heterocycles. The van der Waals surface area contributed by atoms with Gasteiger partial charge in [-0.2, -0.15) is 0 Å². The van der Waals surface area contributed by atoms with Gasteiger partial charge in [0.15, 0.2) is 0 Å². The molecule has 2 aromatic rings. The van der Waals surface area contributed by atoms with Gasteiger partial charge in [-0.1, -0.05) is 71.0 Å². The van der Waals surface area contributed by atoms with Gasteiger partial charge in [0.1, 0.15) is 22.1 Å². The van der Waals surface area contributed by atoms with E-state index in [1.54, 1.807) is 25.1 Å². The zero-order valence-electron chi connectivity index (χ0n) is 22.7. The summed E-state index contributed by atoms with van der Waals surface area (Å²) in [5.41, 5.74) is 2.87. The molecule has 0 fully saturated rings. The molecular formula is C30H35NO5S. The second-order valence-corrected chi connectivity index (χ2v) is 12.1. The lowest BCUT2D eigenvalue weighted by Gasteiger charge is -2.28. The minimum Gasteiger partial charge on any atom is -0.507 e. The van der Waals surface area contributed by atoms with E-state index in [1.807, 2.05) is 72.7 Å². The van der Waals surface area contributed by atoms with Crippen LogP contribution in [0.25, 0.3) is 6.08 Å². The predicted octanol–water partition coefficient (Wildman–Crippen LogP) is 7.00. The summed E-state index contributed by atoms with van der Waals surface area (Å²) in [6.45, 7) is 15.8. The number of aliphatic hydroxyl groups excluding tert-OH is 1. The van der Waals surface area contributed by atoms with Gasteiger partial charge in [0.2, 0.25) is 0 Å². The molecule has 1 aliphatic heterocycles. The summed E-state index contributed by atoms with van der Waals surface area (Å²) in [5, 5.41) is 22.2. The first-order valence-electron chi connectivity index (χ1n) is 12.2. The molecule has 0 radical (unpaired) electrons. The molecule has 6 nitrogen and oxygen atoms in total. The number of benzene rings is 2. The molecule has 2 aromatic carbocycles. The first-order valence-corrected chi connectivity index (χ1v) is 13.0. The van der Waals surface area contributed by atoms with Crippen molar-refractivity contribution >= 4 is 34.8 Å². The van der Waals surface area contributed by atoms with Gasteiger partial charge >= 0.3 is 5.97 Å². The van der Waals surface area contributed by atoms with Crippen molar-refractivity contribution in [2.24, 2.45) is 4.99 Å². The van der Waals surface area contributed by atoms with Gasteiger partial charge in [-0.15, -0.1) is 0 Å². The average Bonchev–Trinajstić information content (AvgIpc) is 3.08. The Bertz CT molecular complexity index is 1280. The topological polar surface area (TPSA) is 96.2 Å². The second kappa shape index (κ2) is 10.6. The number of thioether (sulfide) groups is 1. The van der Waals surface area contributed by atoms with Gasteiger partial charge in [-0.25, -0.2) is 9.79 Å². The van der Waals surface area contributed by atoms with Crippen molar-refractivity contribution in [1.29, 1.82) is 0 Å². The van der Waals surface area contributed by atoms with Crippen molar-refractivity contribution in [2.45, 2.75) is 66.2 Å². The number of aliphatic hydroxyl groups is 1. The average molecular weight is 522 g/mol. The maximum absolute atomic E-state index is 12.9. The third-order valence-electron chi connectivity index (χ3n) is 5.92. The number of rotatable bonds is 4. The highest BCUT2D eigenvalue weighted by atomic mass is 32.2. The molecule has 0 saturated heterocycles. The molecule has 7 heteroatoms. The maximum atomic E-state index is 12.9. The number of hydrogen-bond acceptors (Lipinski definition) is 6. The normalized spacial score (nSPS) is 16.5. The number of carbonyl (C=O) groups excluding carboxylic acids is 2. The molecule has 37 heavy (non-hydrogen) atoms. The van der Waals surface area contributed by atoms with Crippen LogP contribution in [0, 0.1) is 6.92 Å². The van der Waals surface area contributed by atoms with Crippen molar-refractivity contribution in [3.8, 4) is 5.75 Å². The fourth-order valence-corrected chi connectivity index (χ4v) is 4.89. The van der Waals surface area contributed by atoms with Crippen molar-refractivity contribution in [2.75, 3.05) is 6.61 Å². The Morgan fingerprint density at radius 2 is 1.51 bits per heavy atom. The molecule has 0 aliphatic carbocycles. The highest BCUT2D eigenvalue weighted by molar-refractivity contribution is 8.18. The van der Waals surface area contributed by atoms with Crippen molar-refractivity contribution < 1.29 is 24.5 Å². The number of carbonyl (C=O) groups is 2. The Hall–Kier alpha value is -3.32. The molecule has 1 heterocycles. The van der Waals surface area contributed by atoms with E-state index in [9.17, 15) is 19.8 Å². The van der Waals surface area contributed by atoms with E-state index >= 15 is 0 Å². The minimum atomic E-state index is -0.747. The van der Waals surface area contributed by atoms with Gasteiger partial charge in [0.05, 0.1) is 11.5 Å². The largest absolute Gasteiger partial charge is 0.507 e. The highest BCUT2D eigenvalue weighted by Gasteiger charge is 2.34. The molecule has 2 N–H and O–H groups in total. The quantitative estimate of drug-likeness (QED) is 0.421. The number of phenolic OH excluding ortho intramolecular Hbond substituents is 1. The highest BCUT2D eigenvalue weighted by Crippen LogP contribution is 2.43. The molecule has 196 valence electrons. The number of aryl methyl sites for hydroxylation is 1. The second-order valence-electron chi connectivity index (χ2n) is 11.1. The molecule has 0 spiro atoms. The monoisotopic (exact) mass is 521 g/mol. The van der Waals surface area contributed by atoms with Crippen LogP contribution in [-0.4, -0.2) is 33.7 Å². The van der Waals surface area contributed by atoms with Crippen molar-refractivity contribution in [3.63, 3.8) is 0 Å². The standard InChI is InChI=1S/C30H35NO5S/c1-9-36-28(35)23-25(33)22(37-27(23)31-26(34)19-12-10-17(2)11-13-19)16-18-14-20(29(3,4)5)24(32)21(15-18)30(6,7)8/h10-16,32-33H,9H2,1-8H3. The summed E-state index contributed by atoms with van der Waals surface area (Å²) >= 11 is 1.04. The fourth-order valence-electron chi connectivity index (χ4n) is 3.88. The summed E-state index contributed by atoms with van der Waals surface area (Å²) in [5.74, 6) is -1.31. The predicted molar refractivity (Wildman–Crippen MR) is 150 cm³/mol. The van der Waals surface area contributed by atoms with Gasteiger partial charge in [0, 0.05) is 16.7 Å². The number of aromatic hydroxyl groups is 1. The molecule has 3 rings (SSSR count). The van der Waals surface area contributed by atoms with Gasteiger partial charge in [0.25, 0.3) is 5.91 Å². The van der Waals surface area contributed by atoms with Crippen LogP contribution >= 0.6 is 11.8 Å². The Morgan fingerprint density at radius 1 is 0.973 bits per heavy atom. The van der Waals surface area contributed by atoms with E-state index in [-0.39, 0.29) is 39.6 Å². The zero-order valence-corrected chi connectivity index (χ0v) is 23.5. The lowest BCUT2D eigenvalue weighted by Crippen LogP contribution is -2.17. The summed E-state index contributed by atoms with van der Waals surface area (Å²) < 4.78 is 5.15. The van der Waals surface area contributed by atoms with Gasteiger partial charge < -0.3 is 14.9 Å². The lowest BCUT2D eigenvalue weighted by molar-refractivity contribution is -0.138. The van der Waals surface area contributed by atoms with E-state index in [1.165, 1.54) is 0 Å². The smallest absolute Gasteiger partial charge is 0.344 e. The Kier molecular flexibility index (Phi) is 8.08. The molecular weight excluding hydrogens is 486 g/mol. The summed E-state index contributed by atoms with van der Waals surface area (Å²) in [6, 6.07) is 10.7. The van der Waals surface area contributed by atoms with Gasteiger partial charge in [-0.05, 0) is 60.6 Å². The van der Waals surface area contributed by atoms with E-state index in [0.717, 1.165) is 34.0 Å². The molecule has 1 amide bonds. The first-order chi connectivity index (χ1) is 17.1. The Morgan fingerprint density at radius 3 is 2.00 bits per heavy atom. The Labute approximate surface area is 223 Å². The van der Waals surface area contributed by atoms with E-state index in [4.69, 9.17) is 4.74 Å². The van der Waals surface area contributed by atoms with Crippen LogP contribution in [0.15, 0.2) is 57.6 Å². The Balaban J connectivity index is 2.15. The molecule has 0 saturated carbocycles. The third kappa shape index (κ3) is 6.34. The number of esters is 1. The van der Waals surface area contributed by atoms with Crippen LogP contribution in [0.4, 0.5) is 0 Å². The van der Waals surface area contributed by atoms with Crippen molar-refractivity contribution in [1.82, 2.24) is 0 Å². The molecule has 0 atom stereocenters. The number of ether oxygens (including phenoxy) is 1.